The van der Waals surface area contributed by atoms with Crippen LogP contribution >= 0.6 is 0 Å². The van der Waals surface area contributed by atoms with Gasteiger partial charge in [0.15, 0.2) is 0 Å². The zero-order valence-corrected chi connectivity index (χ0v) is 23.1. The van der Waals surface area contributed by atoms with Crippen LogP contribution in [0.1, 0.15) is 48.7 Å². The van der Waals surface area contributed by atoms with Crippen LogP contribution in [0.25, 0.3) is 0 Å². The van der Waals surface area contributed by atoms with Crippen LogP contribution in [0.3, 0.4) is 0 Å². The van der Waals surface area contributed by atoms with Crippen molar-refractivity contribution in [2.75, 3.05) is 48.8 Å². The Hall–Kier alpha value is -3.72. The molecule has 9 nitrogen and oxygen atoms in total. The predicted molar refractivity (Wildman–Crippen MR) is 154 cm³/mol. The molecule has 4 rings (SSSR count). The lowest BCUT2D eigenvalue weighted by Crippen LogP contribution is -2.31. The van der Waals surface area contributed by atoms with Gasteiger partial charge in [0.1, 0.15) is 0 Å². The van der Waals surface area contributed by atoms with Gasteiger partial charge in [-0.3, -0.25) is 4.79 Å². The van der Waals surface area contributed by atoms with Crippen molar-refractivity contribution < 1.29 is 4.79 Å². The molecule has 0 bridgehead atoms. The molecule has 1 amide bonds. The maximum Gasteiger partial charge on any atom is 0.251 e. The van der Waals surface area contributed by atoms with E-state index in [1.165, 1.54) is 5.56 Å². The number of nitrogens with zero attached hydrogens (tertiary/aromatic N) is 4. The summed E-state index contributed by atoms with van der Waals surface area (Å²) in [6.45, 7) is 11.8. The molecule has 1 atom stereocenters. The van der Waals surface area contributed by atoms with Crippen LogP contribution < -0.4 is 26.2 Å². The number of nitrogens with one attached hydrogen (secondary N) is 4. The van der Waals surface area contributed by atoms with Crippen LogP contribution in [0, 0.1) is 12.3 Å². The number of aryl methyl sites for hydroxylation is 1. The highest BCUT2D eigenvalue weighted by Crippen LogP contribution is 2.24. The minimum atomic E-state index is -0.110. The van der Waals surface area contributed by atoms with E-state index in [0.29, 0.717) is 30.0 Å². The lowest BCUT2D eigenvalue weighted by Gasteiger charge is -2.27. The Morgan fingerprint density at radius 2 is 1.84 bits per heavy atom. The molecule has 0 spiro atoms. The van der Waals surface area contributed by atoms with Crippen molar-refractivity contribution in [1.29, 1.82) is 0 Å². The van der Waals surface area contributed by atoms with E-state index in [-0.39, 0.29) is 17.4 Å². The molecule has 2 aromatic carbocycles. The lowest BCUT2D eigenvalue weighted by atomic mass is 9.96. The largest absolute Gasteiger partial charge is 0.352 e. The van der Waals surface area contributed by atoms with Crippen LogP contribution in [0.4, 0.5) is 23.5 Å². The van der Waals surface area contributed by atoms with Gasteiger partial charge >= 0.3 is 0 Å². The highest BCUT2D eigenvalue weighted by molar-refractivity contribution is 5.95. The smallest absolute Gasteiger partial charge is 0.251 e. The summed E-state index contributed by atoms with van der Waals surface area (Å²) in [7, 11) is 2.00. The summed E-state index contributed by atoms with van der Waals surface area (Å²) < 4.78 is 0. The molecular weight excluding hydrogens is 476 g/mol. The van der Waals surface area contributed by atoms with E-state index in [4.69, 9.17) is 9.97 Å². The lowest BCUT2D eigenvalue weighted by molar-refractivity contribution is 0.0954. The second-order valence-corrected chi connectivity index (χ2v) is 11.2. The monoisotopic (exact) mass is 516 g/mol. The van der Waals surface area contributed by atoms with E-state index in [1.54, 1.807) is 0 Å². The zero-order valence-electron chi connectivity index (χ0n) is 23.1. The number of hydrogen-bond donors (Lipinski definition) is 4. The van der Waals surface area contributed by atoms with Crippen LogP contribution in [-0.4, -0.2) is 60.1 Å². The first kappa shape index (κ1) is 27.3. The summed E-state index contributed by atoms with van der Waals surface area (Å²) in [5.41, 5.74) is 3.63. The van der Waals surface area contributed by atoms with Gasteiger partial charge in [-0.05, 0) is 55.0 Å². The van der Waals surface area contributed by atoms with Gasteiger partial charge in [-0.2, -0.15) is 15.0 Å². The summed E-state index contributed by atoms with van der Waals surface area (Å²) in [6.07, 6.45) is 1.80. The second kappa shape index (κ2) is 12.2. The molecule has 0 aliphatic carbocycles. The first-order valence-corrected chi connectivity index (χ1v) is 13.3. The molecule has 1 fully saturated rings. The fourth-order valence-corrected chi connectivity index (χ4v) is 4.48. The van der Waals surface area contributed by atoms with Crippen molar-refractivity contribution in [3.63, 3.8) is 0 Å². The zero-order chi connectivity index (χ0) is 27.1. The van der Waals surface area contributed by atoms with E-state index < -0.39 is 0 Å². The van der Waals surface area contributed by atoms with Gasteiger partial charge in [0.05, 0.1) is 0 Å². The van der Waals surface area contributed by atoms with Gasteiger partial charge in [-0.1, -0.05) is 57.2 Å². The number of anilines is 4. The number of carbonyl (C=O) groups excluding carboxylic acids is 1. The third kappa shape index (κ3) is 7.89. The van der Waals surface area contributed by atoms with Crippen molar-refractivity contribution >= 4 is 29.4 Å². The van der Waals surface area contributed by atoms with Gasteiger partial charge in [0, 0.05) is 44.0 Å². The molecule has 38 heavy (non-hydrogen) atoms. The van der Waals surface area contributed by atoms with Crippen LogP contribution in [0.15, 0.2) is 48.5 Å². The molecule has 4 N–H and O–H groups in total. The molecule has 3 aromatic rings. The molecule has 0 saturated carbocycles. The van der Waals surface area contributed by atoms with Gasteiger partial charge in [-0.15, -0.1) is 0 Å². The van der Waals surface area contributed by atoms with E-state index in [2.05, 4.69) is 64.1 Å². The average Bonchev–Trinajstić information content (AvgIpc) is 3.38. The Kier molecular flexibility index (Phi) is 8.78. The van der Waals surface area contributed by atoms with Gasteiger partial charge in [0.2, 0.25) is 17.8 Å². The highest BCUT2D eigenvalue weighted by Gasteiger charge is 2.20. The third-order valence-electron chi connectivity index (χ3n) is 6.36. The molecular formula is C29H40N8O. The Labute approximate surface area is 225 Å². The topological polar surface area (TPSA) is 107 Å². The quantitative estimate of drug-likeness (QED) is 0.318. The first-order chi connectivity index (χ1) is 18.2. The van der Waals surface area contributed by atoms with E-state index in [9.17, 15) is 4.79 Å². The molecule has 1 aliphatic heterocycles. The average molecular weight is 517 g/mol. The van der Waals surface area contributed by atoms with E-state index >= 15 is 0 Å². The molecule has 202 valence electrons. The maximum absolute atomic E-state index is 12.9. The fraction of sp³-hybridized carbons (Fsp3) is 0.448. The molecule has 0 unspecified atom stereocenters. The summed E-state index contributed by atoms with van der Waals surface area (Å²) in [5.74, 6) is 1.47. The third-order valence-corrected chi connectivity index (χ3v) is 6.36. The number of hydrogen-bond acceptors (Lipinski definition) is 8. The summed E-state index contributed by atoms with van der Waals surface area (Å²) in [5, 5.41) is 13.2. The van der Waals surface area contributed by atoms with Crippen LogP contribution in [-0.2, 0) is 6.42 Å². The highest BCUT2D eigenvalue weighted by atomic mass is 16.1. The van der Waals surface area contributed by atoms with Crippen molar-refractivity contribution in [1.82, 2.24) is 25.6 Å². The Bertz CT molecular complexity index is 1220. The molecule has 1 aliphatic rings. The summed E-state index contributed by atoms with van der Waals surface area (Å²) >= 11 is 0. The SMILES string of the molecule is Cc1ccc(C(=O)NCCc2ccccc2)cc1Nc1nc(N[C@H]2CCNC2)nc(N(C)CC(C)(C)C)n1. The molecule has 1 aromatic heterocycles. The van der Waals surface area contributed by atoms with E-state index in [1.807, 2.05) is 50.4 Å². The van der Waals surface area contributed by atoms with Crippen molar-refractivity contribution in [2.24, 2.45) is 5.41 Å². The van der Waals surface area contributed by atoms with Crippen LogP contribution in [0.5, 0.6) is 0 Å². The van der Waals surface area contributed by atoms with Crippen LogP contribution in [0.2, 0.25) is 0 Å². The van der Waals surface area contributed by atoms with Crippen molar-refractivity contribution in [2.45, 2.75) is 46.6 Å². The number of rotatable bonds is 10. The number of carbonyl (C=O) groups is 1. The molecule has 0 radical (unpaired) electrons. The second-order valence-electron chi connectivity index (χ2n) is 11.2. The normalized spacial score (nSPS) is 15.2. The summed E-state index contributed by atoms with van der Waals surface area (Å²) in [4.78, 5) is 29.0. The van der Waals surface area contributed by atoms with Gasteiger partial charge in [0.25, 0.3) is 5.91 Å². The minimum Gasteiger partial charge on any atom is -0.352 e. The minimum absolute atomic E-state index is 0.0801. The molecule has 9 heteroatoms. The van der Waals surface area contributed by atoms with Gasteiger partial charge < -0.3 is 26.2 Å². The number of aromatic nitrogens is 3. The van der Waals surface area contributed by atoms with E-state index in [0.717, 1.165) is 43.7 Å². The Balaban J connectivity index is 1.51. The first-order valence-electron chi connectivity index (χ1n) is 13.3. The molecule has 1 saturated heterocycles. The van der Waals surface area contributed by atoms with Crippen molar-refractivity contribution in [3.05, 3.63) is 65.2 Å². The van der Waals surface area contributed by atoms with Crippen molar-refractivity contribution in [3.8, 4) is 0 Å². The Morgan fingerprint density at radius 1 is 1.08 bits per heavy atom. The number of benzene rings is 2. The summed E-state index contributed by atoms with van der Waals surface area (Å²) in [6, 6.07) is 16.0. The predicted octanol–water partition coefficient (Wildman–Crippen LogP) is 4.15. The fourth-order valence-electron chi connectivity index (χ4n) is 4.48. The number of amides is 1. The standard InChI is InChI=1S/C29H40N8O/c1-20-11-12-22(25(38)31-16-13-21-9-7-6-8-10-21)17-24(20)33-27-34-26(32-23-14-15-30-18-23)35-28(36-27)37(5)19-29(2,3)4/h6-12,17,23,30H,13-16,18-19H2,1-5H3,(H,31,38)(H2,32,33,34,35,36)/t23-/m0/s1. The van der Waals surface area contributed by atoms with Gasteiger partial charge in [-0.25, -0.2) is 0 Å². The molecule has 2 heterocycles. The Morgan fingerprint density at radius 3 is 2.55 bits per heavy atom. The maximum atomic E-state index is 12.9.